The quantitative estimate of drug-likeness (QED) is 0.401. The van der Waals surface area contributed by atoms with E-state index in [1.807, 2.05) is 60.7 Å². The fourth-order valence-corrected chi connectivity index (χ4v) is 4.79. The molecule has 2 aromatic carbocycles. The van der Waals surface area contributed by atoms with Gasteiger partial charge in [-0.1, -0.05) is 66.5 Å². The molecule has 168 valence electrons. The number of thiazole rings is 1. The summed E-state index contributed by atoms with van der Waals surface area (Å²) in [6.07, 6.45) is 3.49. The number of ether oxygens (including phenoxy) is 2. The maximum Gasteiger partial charge on any atom is 0.338 e. The van der Waals surface area contributed by atoms with Crippen molar-refractivity contribution < 1.29 is 14.3 Å². The summed E-state index contributed by atoms with van der Waals surface area (Å²) >= 11 is 1.29. The van der Waals surface area contributed by atoms with Crippen LogP contribution >= 0.6 is 11.3 Å². The minimum Gasteiger partial charge on any atom is -0.490 e. The molecular weight excluding hydrogens is 436 g/mol. The van der Waals surface area contributed by atoms with Crippen LogP contribution in [0.3, 0.4) is 0 Å². The number of carbonyl (C=O) groups is 1. The Morgan fingerprint density at radius 1 is 1.21 bits per heavy atom. The van der Waals surface area contributed by atoms with E-state index in [2.05, 4.69) is 11.6 Å². The summed E-state index contributed by atoms with van der Waals surface area (Å²) in [5, 5.41) is 0. The van der Waals surface area contributed by atoms with Crippen LogP contribution in [0.25, 0.3) is 6.08 Å². The molecule has 0 fully saturated rings. The normalized spacial score (nSPS) is 15.6. The van der Waals surface area contributed by atoms with E-state index in [1.54, 1.807) is 24.5 Å². The van der Waals surface area contributed by atoms with Crippen LogP contribution in [0.4, 0.5) is 0 Å². The van der Waals surface area contributed by atoms with Crippen molar-refractivity contribution in [1.29, 1.82) is 0 Å². The van der Waals surface area contributed by atoms with Crippen LogP contribution in [0.15, 0.2) is 88.3 Å². The van der Waals surface area contributed by atoms with Gasteiger partial charge in [0.05, 0.1) is 28.5 Å². The van der Waals surface area contributed by atoms with Crippen molar-refractivity contribution in [3.8, 4) is 5.75 Å². The van der Waals surface area contributed by atoms with Crippen LogP contribution in [0, 0.1) is 0 Å². The van der Waals surface area contributed by atoms with Crippen LogP contribution in [-0.2, 0) is 9.53 Å². The molecule has 33 heavy (non-hydrogen) atoms. The molecule has 0 aliphatic carbocycles. The molecule has 1 aliphatic heterocycles. The molecule has 0 amide bonds. The second-order valence-electron chi connectivity index (χ2n) is 7.39. The lowest BCUT2D eigenvalue weighted by Crippen LogP contribution is -2.39. The maximum atomic E-state index is 13.6. The van der Waals surface area contributed by atoms with Gasteiger partial charge < -0.3 is 9.47 Å². The Hall–Kier alpha value is -3.71. The lowest BCUT2D eigenvalue weighted by molar-refractivity contribution is -0.139. The summed E-state index contributed by atoms with van der Waals surface area (Å²) in [6, 6.07) is 16.4. The summed E-state index contributed by atoms with van der Waals surface area (Å²) < 4.78 is 13.0. The first-order chi connectivity index (χ1) is 16.0. The number of hydrogen-bond acceptors (Lipinski definition) is 6. The largest absolute Gasteiger partial charge is 0.490 e. The highest BCUT2D eigenvalue weighted by atomic mass is 32.1. The summed E-state index contributed by atoms with van der Waals surface area (Å²) in [6.45, 7) is 7.84. The monoisotopic (exact) mass is 460 g/mol. The average molecular weight is 461 g/mol. The van der Waals surface area contributed by atoms with Gasteiger partial charge in [0.15, 0.2) is 4.80 Å². The van der Waals surface area contributed by atoms with E-state index in [4.69, 9.17) is 9.47 Å². The van der Waals surface area contributed by atoms with E-state index in [0.717, 1.165) is 11.1 Å². The fourth-order valence-electron chi connectivity index (χ4n) is 3.74. The summed E-state index contributed by atoms with van der Waals surface area (Å²) in [5.41, 5.74) is 2.37. The highest BCUT2D eigenvalue weighted by molar-refractivity contribution is 7.07. The maximum absolute atomic E-state index is 13.6. The molecule has 1 atom stereocenters. The van der Waals surface area contributed by atoms with Gasteiger partial charge in [-0.25, -0.2) is 9.79 Å². The molecule has 1 aliphatic rings. The molecule has 2 heterocycles. The number of nitrogens with zero attached hydrogens (tertiary/aromatic N) is 2. The van der Waals surface area contributed by atoms with Gasteiger partial charge in [-0.3, -0.25) is 9.36 Å². The highest BCUT2D eigenvalue weighted by Crippen LogP contribution is 2.30. The number of rotatable bonds is 7. The van der Waals surface area contributed by atoms with E-state index < -0.39 is 12.0 Å². The summed E-state index contributed by atoms with van der Waals surface area (Å²) in [7, 11) is 0. The van der Waals surface area contributed by atoms with Gasteiger partial charge in [0, 0.05) is 0 Å². The second kappa shape index (κ2) is 9.83. The third kappa shape index (κ3) is 4.59. The summed E-state index contributed by atoms with van der Waals surface area (Å²) in [4.78, 5) is 31.5. The van der Waals surface area contributed by atoms with Gasteiger partial charge in [-0.2, -0.15) is 0 Å². The first-order valence-electron chi connectivity index (χ1n) is 10.6. The first-order valence-corrected chi connectivity index (χ1v) is 11.4. The van der Waals surface area contributed by atoms with Gasteiger partial charge in [0.25, 0.3) is 5.56 Å². The number of allylic oxidation sites excluding steroid dienone is 1. The molecule has 1 aromatic heterocycles. The van der Waals surface area contributed by atoms with Gasteiger partial charge in [-0.15, -0.1) is 0 Å². The molecule has 0 bridgehead atoms. The van der Waals surface area contributed by atoms with Crippen molar-refractivity contribution >= 4 is 23.4 Å². The molecular formula is C26H24N2O4S. The molecule has 3 aromatic rings. The molecule has 6 nitrogen and oxygen atoms in total. The van der Waals surface area contributed by atoms with Crippen LogP contribution in [-0.4, -0.2) is 23.8 Å². The third-order valence-electron chi connectivity index (χ3n) is 5.16. The van der Waals surface area contributed by atoms with Gasteiger partial charge in [0.2, 0.25) is 0 Å². The van der Waals surface area contributed by atoms with Gasteiger partial charge in [-0.05, 0) is 43.2 Å². The van der Waals surface area contributed by atoms with Crippen LogP contribution in [0.1, 0.15) is 31.0 Å². The van der Waals surface area contributed by atoms with E-state index in [0.29, 0.717) is 33.0 Å². The predicted octanol–water partition coefficient (Wildman–Crippen LogP) is 3.36. The van der Waals surface area contributed by atoms with E-state index in [1.165, 1.54) is 11.3 Å². The number of carbonyl (C=O) groups excluding carboxylic acids is 1. The minimum atomic E-state index is -0.606. The SMILES string of the molecule is C=CCOc1cccc(/C=c2\sc3n(c2=O)[C@@H](c2ccccc2)C(C(=O)OCC)=C(C)N=3)c1. The fraction of sp³-hybridized carbons (Fsp3) is 0.192. The minimum absolute atomic E-state index is 0.209. The van der Waals surface area contributed by atoms with Crippen LogP contribution < -0.4 is 19.6 Å². The zero-order valence-corrected chi connectivity index (χ0v) is 19.3. The highest BCUT2D eigenvalue weighted by Gasteiger charge is 2.33. The molecule has 0 N–H and O–H groups in total. The van der Waals surface area contributed by atoms with E-state index >= 15 is 0 Å². The molecule has 0 radical (unpaired) electrons. The average Bonchev–Trinajstić information content (AvgIpc) is 3.12. The molecule has 0 saturated heterocycles. The van der Waals surface area contributed by atoms with Crippen molar-refractivity contribution in [2.45, 2.75) is 19.9 Å². The standard InChI is InChI=1S/C26H24N2O4S/c1-4-14-32-20-13-9-10-18(15-20)16-21-24(29)28-23(19-11-7-6-8-12-19)22(25(30)31-5-2)17(3)27-26(28)33-21/h4,6-13,15-16,23H,1,5,14H2,2-3H3/b21-16-/t23-/m0/s1. The van der Waals surface area contributed by atoms with E-state index in [-0.39, 0.29) is 12.2 Å². The number of aromatic nitrogens is 1. The predicted molar refractivity (Wildman–Crippen MR) is 129 cm³/mol. The van der Waals surface area contributed by atoms with Crippen molar-refractivity contribution in [2.75, 3.05) is 13.2 Å². The molecule has 0 unspecified atom stereocenters. The number of fused-ring (bicyclic) bond motifs is 1. The van der Waals surface area contributed by atoms with Crippen molar-refractivity contribution in [3.63, 3.8) is 0 Å². The van der Waals surface area contributed by atoms with Gasteiger partial charge >= 0.3 is 5.97 Å². The number of esters is 1. The summed E-state index contributed by atoms with van der Waals surface area (Å²) in [5.74, 6) is 0.230. The zero-order valence-electron chi connectivity index (χ0n) is 18.5. The van der Waals surface area contributed by atoms with Crippen molar-refractivity contribution in [2.24, 2.45) is 4.99 Å². The third-order valence-corrected chi connectivity index (χ3v) is 6.14. The first kappa shape index (κ1) is 22.5. The Kier molecular flexibility index (Phi) is 6.70. The van der Waals surface area contributed by atoms with Crippen molar-refractivity contribution in [1.82, 2.24) is 4.57 Å². The zero-order chi connectivity index (χ0) is 23.4. The Morgan fingerprint density at radius 2 is 2.00 bits per heavy atom. The lowest BCUT2D eigenvalue weighted by Gasteiger charge is -2.24. The molecule has 0 spiro atoms. The van der Waals surface area contributed by atoms with E-state index in [9.17, 15) is 9.59 Å². The molecule has 0 saturated carbocycles. The second-order valence-corrected chi connectivity index (χ2v) is 8.39. The lowest BCUT2D eigenvalue weighted by atomic mass is 9.96. The Bertz CT molecular complexity index is 1400. The molecule has 7 heteroatoms. The Labute approximate surface area is 195 Å². The van der Waals surface area contributed by atoms with Crippen LogP contribution in [0.2, 0.25) is 0 Å². The van der Waals surface area contributed by atoms with Crippen molar-refractivity contribution in [3.05, 3.63) is 109 Å². The smallest absolute Gasteiger partial charge is 0.338 e. The van der Waals surface area contributed by atoms with Crippen LogP contribution in [0.5, 0.6) is 5.75 Å². The van der Waals surface area contributed by atoms with Gasteiger partial charge in [0.1, 0.15) is 12.4 Å². The Balaban J connectivity index is 1.87. The number of hydrogen-bond donors (Lipinski definition) is 0. The number of benzene rings is 2. The topological polar surface area (TPSA) is 69.9 Å². The Morgan fingerprint density at radius 3 is 2.73 bits per heavy atom. The molecule has 4 rings (SSSR count).